The van der Waals surface area contributed by atoms with Crippen molar-refractivity contribution in [2.24, 2.45) is 0 Å². The third-order valence-electron chi connectivity index (χ3n) is 3.90. The fourth-order valence-electron chi connectivity index (χ4n) is 2.49. The molecule has 0 saturated carbocycles. The van der Waals surface area contributed by atoms with Crippen molar-refractivity contribution >= 4 is 5.91 Å². The van der Waals surface area contributed by atoms with E-state index in [9.17, 15) is 9.59 Å². The molecule has 1 amide bonds. The number of morpholine rings is 1. The second-order valence-corrected chi connectivity index (χ2v) is 5.60. The van der Waals surface area contributed by atoms with Crippen LogP contribution in [-0.2, 0) is 16.1 Å². The lowest BCUT2D eigenvalue weighted by atomic mass is 10.1. The molecule has 0 bridgehead atoms. The average molecular weight is 313 g/mol. The Balaban J connectivity index is 1.75. The van der Waals surface area contributed by atoms with E-state index in [2.05, 4.69) is 4.98 Å². The van der Waals surface area contributed by atoms with E-state index in [1.165, 1.54) is 17.0 Å². The number of amides is 1. The van der Waals surface area contributed by atoms with Crippen LogP contribution in [0.2, 0.25) is 0 Å². The zero-order chi connectivity index (χ0) is 16.2. The topological polar surface area (TPSA) is 64.4 Å². The van der Waals surface area contributed by atoms with Gasteiger partial charge in [0.25, 0.3) is 5.56 Å². The van der Waals surface area contributed by atoms with Gasteiger partial charge in [-0.05, 0) is 6.92 Å². The quantitative estimate of drug-likeness (QED) is 0.850. The van der Waals surface area contributed by atoms with Gasteiger partial charge in [-0.2, -0.15) is 0 Å². The number of hydrogen-bond donors (Lipinski definition) is 0. The molecule has 6 nitrogen and oxygen atoms in total. The van der Waals surface area contributed by atoms with Crippen molar-refractivity contribution in [2.45, 2.75) is 13.5 Å². The standard InChI is InChI=1S/C17H19N3O3/c1-13-2-4-14(5-3-13)15-10-16(21)20(12-18-15)11-17(22)19-6-8-23-9-7-19/h2-5,10,12H,6-9,11H2,1H3. The van der Waals surface area contributed by atoms with Crippen LogP contribution >= 0.6 is 0 Å². The van der Waals surface area contributed by atoms with Gasteiger partial charge in [-0.1, -0.05) is 29.8 Å². The molecule has 23 heavy (non-hydrogen) atoms. The zero-order valence-corrected chi connectivity index (χ0v) is 13.1. The van der Waals surface area contributed by atoms with E-state index in [0.29, 0.717) is 32.0 Å². The number of aryl methyl sites for hydroxylation is 1. The molecule has 6 heteroatoms. The summed E-state index contributed by atoms with van der Waals surface area (Å²) in [5.74, 6) is -0.0831. The molecule has 0 spiro atoms. The lowest BCUT2D eigenvalue weighted by Gasteiger charge is -2.26. The van der Waals surface area contributed by atoms with Gasteiger partial charge in [0.05, 0.1) is 25.2 Å². The molecule has 2 aromatic rings. The number of hydrogen-bond acceptors (Lipinski definition) is 4. The second kappa shape index (κ2) is 6.75. The first-order valence-corrected chi connectivity index (χ1v) is 7.62. The summed E-state index contributed by atoms with van der Waals surface area (Å²) in [7, 11) is 0. The maximum atomic E-state index is 12.2. The van der Waals surface area contributed by atoms with Crippen molar-refractivity contribution in [1.82, 2.24) is 14.5 Å². The summed E-state index contributed by atoms with van der Waals surface area (Å²) in [6.07, 6.45) is 1.44. The largest absolute Gasteiger partial charge is 0.378 e. The van der Waals surface area contributed by atoms with Crippen molar-refractivity contribution < 1.29 is 9.53 Å². The minimum Gasteiger partial charge on any atom is -0.378 e. The summed E-state index contributed by atoms with van der Waals surface area (Å²) in [6.45, 7) is 4.26. The Bertz CT molecular complexity index is 746. The van der Waals surface area contributed by atoms with E-state index >= 15 is 0 Å². The highest BCUT2D eigenvalue weighted by Crippen LogP contribution is 2.15. The van der Waals surface area contributed by atoms with Gasteiger partial charge in [-0.3, -0.25) is 14.2 Å². The van der Waals surface area contributed by atoms with E-state index < -0.39 is 0 Å². The highest BCUT2D eigenvalue weighted by Gasteiger charge is 2.17. The van der Waals surface area contributed by atoms with Crippen molar-refractivity contribution in [3.8, 4) is 11.3 Å². The molecule has 0 radical (unpaired) electrons. The van der Waals surface area contributed by atoms with Gasteiger partial charge >= 0.3 is 0 Å². The van der Waals surface area contributed by atoms with Crippen LogP contribution in [0.3, 0.4) is 0 Å². The Hall–Kier alpha value is -2.47. The van der Waals surface area contributed by atoms with Crippen LogP contribution in [0.4, 0.5) is 0 Å². The smallest absolute Gasteiger partial charge is 0.254 e. The maximum Gasteiger partial charge on any atom is 0.254 e. The molecule has 0 unspecified atom stereocenters. The van der Waals surface area contributed by atoms with E-state index in [1.807, 2.05) is 31.2 Å². The molecule has 2 heterocycles. The van der Waals surface area contributed by atoms with Gasteiger partial charge in [0, 0.05) is 24.7 Å². The first-order chi connectivity index (χ1) is 11.1. The Morgan fingerprint density at radius 3 is 2.57 bits per heavy atom. The van der Waals surface area contributed by atoms with Crippen LogP contribution in [0.5, 0.6) is 0 Å². The second-order valence-electron chi connectivity index (χ2n) is 5.60. The summed E-state index contributed by atoms with van der Waals surface area (Å²) in [5.41, 5.74) is 2.43. The summed E-state index contributed by atoms with van der Waals surface area (Å²) < 4.78 is 6.56. The van der Waals surface area contributed by atoms with Crippen molar-refractivity contribution in [2.75, 3.05) is 26.3 Å². The highest BCUT2D eigenvalue weighted by atomic mass is 16.5. The Morgan fingerprint density at radius 2 is 1.91 bits per heavy atom. The van der Waals surface area contributed by atoms with Crippen LogP contribution in [0.1, 0.15) is 5.56 Å². The van der Waals surface area contributed by atoms with Crippen LogP contribution in [0.15, 0.2) is 41.5 Å². The Morgan fingerprint density at radius 1 is 1.22 bits per heavy atom. The molecule has 1 aliphatic heterocycles. The minimum atomic E-state index is -0.225. The molecule has 1 saturated heterocycles. The van der Waals surface area contributed by atoms with Crippen LogP contribution in [0.25, 0.3) is 11.3 Å². The van der Waals surface area contributed by atoms with Gasteiger partial charge in [0.1, 0.15) is 6.54 Å². The van der Waals surface area contributed by atoms with Crippen LogP contribution in [-0.4, -0.2) is 46.7 Å². The molecular formula is C17H19N3O3. The molecule has 1 aliphatic rings. The number of nitrogens with zero attached hydrogens (tertiary/aromatic N) is 3. The lowest BCUT2D eigenvalue weighted by Crippen LogP contribution is -2.43. The van der Waals surface area contributed by atoms with E-state index in [-0.39, 0.29) is 18.0 Å². The number of rotatable bonds is 3. The van der Waals surface area contributed by atoms with Crippen molar-refractivity contribution in [1.29, 1.82) is 0 Å². The predicted molar refractivity (Wildman–Crippen MR) is 86.1 cm³/mol. The lowest BCUT2D eigenvalue weighted by molar-refractivity contribution is -0.135. The monoisotopic (exact) mass is 313 g/mol. The van der Waals surface area contributed by atoms with Gasteiger partial charge in [0.15, 0.2) is 0 Å². The van der Waals surface area contributed by atoms with E-state index in [1.54, 1.807) is 4.90 Å². The number of benzene rings is 1. The first kappa shape index (κ1) is 15.4. The molecule has 0 atom stereocenters. The fourth-order valence-corrected chi connectivity index (χ4v) is 2.49. The number of carbonyl (C=O) groups is 1. The van der Waals surface area contributed by atoms with Crippen LogP contribution in [0, 0.1) is 6.92 Å². The van der Waals surface area contributed by atoms with Crippen molar-refractivity contribution in [3.05, 3.63) is 52.6 Å². The summed E-state index contributed by atoms with van der Waals surface area (Å²) in [4.78, 5) is 30.4. The Labute approximate surface area is 134 Å². The van der Waals surface area contributed by atoms with Gasteiger partial charge in [-0.15, -0.1) is 0 Å². The number of ether oxygens (including phenoxy) is 1. The molecule has 1 aromatic heterocycles. The van der Waals surface area contributed by atoms with E-state index in [4.69, 9.17) is 4.74 Å². The fraction of sp³-hybridized carbons (Fsp3) is 0.353. The predicted octanol–water partition coefficient (Wildman–Crippen LogP) is 1.08. The Kier molecular flexibility index (Phi) is 4.52. The number of aromatic nitrogens is 2. The molecular weight excluding hydrogens is 294 g/mol. The summed E-state index contributed by atoms with van der Waals surface area (Å²) in [5, 5.41) is 0. The van der Waals surface area contributed by atoms with Gasteiger partial charge < -0.3 is 9.64 Å². The minimum absolute atomic E-state index is 0.0139. The summed E-state index contributed by atoms with van der Waals surface area (Å²) in [6, 6.07) is 9.28. The average Bonchev–Trinajstić information content (AvgIpc) is 2.58. The molecule has 1 aromatic carbocycles. The SMILES string of the molecule is Cc1ccc(-c2cc(=O)n(CC(=O)N3CCOCC3)cn2)cc1. The molecule has 120 valence electrons. The molecule has 0 N–H and O–H groups in total. The van der Waals surface area contributed by atoms with Gasteiger partial charge in [-0.25, -0.2) is 4.98 Å². The molecule has 3 rings (SSSR count). The third kappa shape index (κ3) is 3.65. The van der Waals surface area contributed by atoms with Gasteiger partial charge in [0.2, 0.25) is 5.91 Å². The normalized spacial score (nSPS) is 14.7. The van der Waals surface area contributed by atoms with Crippen LogP contribution < -0.4 is 5.56 Å². The maximum absolute atomic E-state index is 12.2. The van der Waals surface area contributed by atoms with E-state index in [0.717, 1.165) is 11.1 Å². The molecule has 0 aliphatic carbocycles. The number of carbonyl (C=O) groups excluding carboxylic acids is 1. The third-order valence-corrected chi connectivity index (χ3v) is 3.90. The zero-order valence-electron chi connectivity index (χ0n) is 13.1. The first-order valence-electron chi connectivity index (χ1n) is 7.62. The molecule has 1 fully saturated rings. The summed E-state index contributed by atoms with van der Waals surface area (Å²) >= 11 is 0. The van der Waals surface area contributed by atoms with Crippen molar-refractivity contribution in [3.63, 3.8) is 0 Å². The highest BCUT2D eigenvalue weighted by molar-refractivity contribution is 5.76.